The Morgan fingerprint density at radius 2 is 1.96 bits per heavy atom. The SMILES string of the molecule is CCn1nnc(-c2cccc(Nc3cc(C)c4cccc(OC)c4n3)c2)n1. The van der Waals surface area contributed by atoms with Gasteiger partial charge in [-0.05, 0) is 48.9 Å². The molecule has 7 heteroatoms. The Bertz CT molecular complexity index is 1100. The molecule has 0 spiro atoms. The maximum Gasteiger partial charge on any atom is 0.204 e. The van der Waals surface area contributed by atoms with Gasteiger partial charge in [0, 0.05) is 16.6 Å². The first-order valence-corrected chi connectivity index (χ1v) is 8.77. The summed E-state index contributed by atoms with van der Waals surface area (Å²) in [6.45, 7) is 4.73. The summed E-state index contributed by atoms with van der Waals surface area (Å²) in [4.78, 5) is 6.30. The number of nitrogens with one attached hydrogen (secondary N) is 1. The number of rotatable bonds is 5. The number of para-hydroxylation sites is 1. The molecular formula is C20H20N6O. The summed E-state index contributed by atoms with van der Waals surface area (Å²) < 4.78 is 5.46. The molecule has 0 fully saturated rings. The number of methoxy groups -OCH3 is 1. The van der Waals surface area contributed by atoms with Gasteiger partial charge >= 0.3 is 0 Å². The molecule has 0 bridgehead atoms. The standard InChI is InChI=1S/C20H20N6O/c1-4-26-24-20(23-25-26)14-7-5-8-15(12-14)21-18-11-13(2)16-9-6-10-17(27-3)19(16)22-18/h5-12H,4H2,1-3H3,(H,21,22). The van der Waals surface area contributed by atoms with Gasteiger partial charge in [-0.1, -0.05) is 24.3 Å². The van der Waals surface area contributed by atoms with Crippen LogP contribution in [0.5, 0.6) is 5.75 Å². The summed E-state index contributed by atoms with van der Waals surface area (Å²) in [7, 11) is 1.66. The lowest BCUT2D eigenvalue weighted by atomic mass is 10.1. The Hall–Kier alpha value is -3.48. The minimum absolute atomic E-state index is 0.602. The van der Waals surface area contributed by atoms with E-state index in [0.29, 0.717) is 12.4 Å². The van der Waals surface area contributed by atoms with Crippen molar-refractivity contribution >= 4 is 22.4 Å². The lowest BCUT2D eigenvalue weighted by Crippen LogP contribution is -1.98. The van der Waals surface area contributed by atoms with E-state index in [1.54, 1.807) is 11.9 Å². The highest BCUT2D eigenvalue weighted by Crippen LogP contribution is 2.29. The lowest BCUT2D eigenvalue weighted by Gasteiger charge is -2.11. The lowest BCUT2D eigenvalue weighted by molar-refractivity contribution is 0.419. The van der Waals surface area contributed by atoms with Crippen LogP contribution in [0.4, 0.5) is 11.5 Å². The summed E-state index contributed by atoms with van der Waals surface area (Å²) in [6.07, 6.45) is 0. The quantitative estimate of drug-likeness (QED) is 0.580. The average molecular weight is 360 g/mol. The minimum Gasteiger partial charge on any atom is -0.494 e. The molecule has 0 radical (unpaired) electrons. The molecule has 7 nitrogen and oxygen atoms in total. The van der Waals surface area contributed by atoms with Gasteiger partial charge in [-0.25, -0.2) is 4.98 Å². The van der Waals surface area contributed by atoms with Crippen LogP contribution in [0.2, 0.25) is 0 Å². The predicted octanol–water partition coefficient (Wildman–Crippen LogP) is 3.97. The number of tetrazole rings is 1. The Balaban J connectivity index is 1.69. The van der Waals surface area contributed by atoms with Crippen molar-refractivity contribution < 1.29 is 4.74 Å². The number of ether oxygens (including phenoxy) is 1. The molecule has 0 unspecified atom stereocenters. The van der Waals surface area contributed by atoms with E-state index in [0.717, 1.165) is 39.3 Å². The smallest absolute Gasteiger partial charge is 0.204 e. The second-order valence-corrected chi connectivity index (χ2v) is 6.19. The van der Waals surface area contributed by atoms with Crippen LogP contribution in [0, 0.1) is 6.92 Å². The van der Waals surface area contributed by atoms with E-state index in [1.807, 2.05) is 55.5 Å². The molecule has 0 atom stereocenters. The topological polar surface area (TPSA) is 77.8 Å². The molecule has 0 saturated heterocycles. The summed E-state index contributed by atoms with van der Waals surface area (Å²) in [5.41, 5.74) is 3.77. The number of aryl methyl sites for hydroxylation is 2. The molecule has 0 aliphatic rings. The maximum absolute atomic E-state index is 5.46. The second kappa shape index (κ2) is 7.03. The van der Waals surface area contributed by atoms with E-state index in [2.05, 4.69) is 27.7 Å². The van der Waals surface area contributed by atoms with Gasteiger partial charge in [0.1, 0.15) is 17.1 Å². The third kappa shape index (κ3) is 3.31. The van der Waals surface area contributed by atoms with Crippen LogP contribution in [0.25, 0.3) is 22.3 Å². The number of pyridine rings is 1. The molecular weight excluding hydrogens is 340 g/mol. The molecule has 4 aromatic rings. The first-order valence-electron chi connectivity index (χ1n) is 8.77. The van der Waals surface area contributed by atoms with E-state index in [9.17, 15) is 0 Å². The fraction of sp³-hybridized carbons (Fsp3) is 0.200. The number of nitrogens with zero attached hydrogens (tertiary/aromatic N) is 5. The summed E-state index contributed by atoms with van der Waals surface area (Å²) in [5.74, 6) is 2.12. The molecule has 4 rings (SSSR count). The molecule has 0 amide bonds. The molecule has 2 aromatic heterocycles. The molecule has 0 aliphatic heterocycles. The molecule has 0 aliphatic carbocycles. The number of anilines is 2. The fourth-order valence-electron chi connectivity index (χ4n) is 3.00. The van der Waals surface area contributed by atoms with Crippen molar-refractivity contribution in [3.05, 3.63) is 54.1 Å². The van der Waals surface area contributed by atoms with Gasteiger partial charge in [-0.3, -0.25) is 0 Å². The number of benzene rings is 2. The van der Waals surface area contributed by atoms with E-state index in [-0.39, 0.29) is 0 Å². The van der Waals surface area contributed by atoms with Crippen molar-refractivity contribution in [3.63, 3.8) is 0 Å². The van der Waals surface area contributed by atoms with Gasteiger partial charge in [0.25, 0.3) is 0 Å². The van der Waals surface area contributed by atoms with Crippen molar-refractivity contribution in [2.45, 2.75) is 20.4 Å². The van der Waals surface area contributed by atoms with Crippen LogP contribution in [0.1, 0.15) is 12.5 Å². The molecule has 2 heterocycles. The average Bonchev–Trinajstić information content (AvgIpc) is 3.17. The Morgan fingerprint density at radius 3 is 2.74 bits per heavy atom. The molecule has 1 N–H and O–H groups in total. The van der Waals surface area contributed by atoms with Crippen LogP contribution in [-0.2, 0) is 6.54 Å². The van der Waals surface area contributed by atoms with E-state index < -0.39 is 0 Å². The van der Waals surface area contributed by atoms with E-state index in [4.69, 9.17) is 9.72 Å². The maximum atomic E-state index is 5.46. The Morgan fingerprint density at radius 1 is 1.11 bits per heavy atom. The van der Waals surface area contributed by atoms with Gasteiger partial charge in [0.15, 0.2) is 0 Å². The van der Waals surface area contributed by atoms with Gasteiger partial charge in [-0.15, -0.1) is 10.2 Å². The van der Waals surface area contributed by atoms with E-state index >= 15 is 0 Å². The molecule has 27 heavy (non-hydrogen) atoms. The zero-order chi connectivity index (χ0) is 18.8. The normalized spacial score (nSPS) is 10.9. The van der Waals surface area contributed by atoms with Crippen molar-refractivity contribution in [1.82, 2.24) is 25.2 Å². The van der Waals surface area contributed by atoms with Crippen molar-refractivity contribution in [2.75, 3.05) is 12.4 Å². The fourth-order valence-corrected chi connectivity index (χ4v) is 3.00. The second-order valence-electron chi connectivity index (χ2n) is 6.19. The first kappa shape index (κ1) is 17.0. The Kier molecular flexibility index (Phi) is 4.42. The zero-order valence-corrected chi connectivity index (χ0v) is 15.5. The minimum atomic E-state index is 0.602. The van der Waals surface area contributed by atoms with Crippen LogP contribution in [0.3, 0.4) is 0 Å². The summed E-state index contributed by atoms with van der Waals surface area (Å²) in [5, 5.41) is 16.9. The molecule has 0 saturated carbocycles. The third-order valence-corrected chi connectivity index (χ3v) is 4.36. The summed E-state index contributed by atoms with van der Waals surface area (Å²) >= 11 is 0. The number of aromatic nitrogens is 5. The first-order chi connectivity index (χ1) is 13.2. The van der Waals surface area contributed by atoms with Crippen molar-refractivity contribution in [3.8, 4) is 17.1 Å². The Labute approximate surface area is 157 Å². The molecule has 2 aromatic carbocycles. The van der Waals surface area contributed by atoms with Gasteiger partial charge in [0.05, 0.1) is 13.7 Å². The highest BCUT2D eigenvalue weighted by atomic mass is 16.5. The van der Waals surface area contributed by atoms with Crippen molar-refractivity contribution in [1.29, 1.82) is 0 Å². The highest BCUT2D eigenvalue weighted by molar-refractivity contribution is 5.89. The van der Waals surface area contributed by atoms with Gasteiger partial charge in [0.2, 0.25) is 5.82 Å². The van der Waals surface area contributed by atoms with E-state index in [1.165, 1.54) is 0 Å². The highest BCUT2D eigenvalue weighted by Gasteiger charge is 2.09. The third-order valence-electron chi connectivity index (χ3n) is 4.36. The predicted molar refractivity (Wildman–Crippen MR) is 105 cm³/mol. The van der Waals surface area contributed by atoms with Crippen LogP contribution < -0.4 is 10.1 Å². The van der Waals surface area contributed by atoms with Gasteiger partial charge < -0.3 is 10.1 Å². The van der Waals surface area contributed by atoms with Crippen LogP contribution >= 0.6 is 0 Å². The monoisotopic (exact) mass is 360 g/mol. The molecule has 136 valence electrons. The van der Waals surface area contributed by atoms with Crippen LogP contribution in [-0.4, -0.2) is 32.3 Å². The number of fused-ring (bicyclic) bond motifs is 1. The van der Waals surface area contributed by atoms with Crippen LogP contribution in [0.15, 0.2) is 48.5 Å². The largest absolute Gasteiger partial charge is 0.494 e. The summed E-state index contributed by atoms with van der Waals surface area (Å²) in [6, 6.07) is 15.9. The van der Waals surface area contributed by atoms with Gasteiger partial charge in [-0.2, -0.15) is 4.80 Å². The van der Waals surface area contributed by atoms with Crippen molar-refractivity contribution in [2.24, 2.45) is 0 Å². The zero-order valence-electron chi connectivity index (χ0n) is 15.5. The number of hydrogen-bond donors (Lipinski definition) is 1. The number of hydrogen-bond acceptors (Lipinski definition) is 6.